The van der Waals surface area contributed by atoms with Gasteiger partial charge in [-0.25, -0.2) is 13.2 Å². The predicted octanol–water partition coefficient (Wildman–Crippen LogP) is 2.49. The van der Waals surface area contributed by atoms with Crippen molar-refractivity contribution >= 4 is 33.3 Å². The fourth-order valence-electron chi connectivity index (χ4n) is 2.53. The van der Waals surface area contributed by atoms with Crippen LogP contribution in [0.3, 0.4) is 0 Å². The number of anilines is 2. The first-order valence-corrected chi connectivity index (χ1v) is 10.0. The van der Waals surface area contributed by atoms with Crippen molar-refractivity contribution in [3.05, 3.63) is 59.2 Å². The summed E-state index contributed by atoms with van der Waals surface area (Å²) in [6.07, 6.45) is 1.06. The standard InChI is InChI=1S/C19H22N2O5S/c1-13-6-5-7-17(14(13)2)21(27(4,24)25)12-18(22)20-16-10-8-15(9-11-16)19(23)26-3/h5-11H,12H2,1-4H3,(H,20,22). The summed E-state index contributed by atoms with van der Waals surface area (Å²) in [4.78, 5) is 23.8. The quantitative estimate of drug-likeness (QED) is 0.765. The first kappa shape index (κ1) is 20.4. The third-order valence-electron chi connectivity index (χ3n) is 4.12. The van der Waals surface area contributed by atoms with E-state index in [9.17, 15) is 18.0 Å². The second kappa shape index (κ2) is 8.22. The molecule has 0 aromatic heterocycles. The average molecular weight is 390 g/mol. The van der Waals surface area contributed by atoms with Crippen LogP contribution in [0.5, 0.6) is 0 Å². The van der Waals surface area contributed by atoms with Gasteiger partial charge in [-0.2, -0.15) is 0 Å². The fourth-order valence-corrected chi connectivity index (χ4v) is 3.43. The van der Waals surface area contributed by atoms with Gasteiger partial charge < -0.3 is 10.1 Å². The SMILES string of the molecule is COC(=O)c1ccc(NC(=O)CN(c2cccc(C)c2C)S(C)(=O)=O)cc1. The van der Waals surface area contributed by atoms with Crippen LogP contribution in [0.2, 0.25) is 0 Å². The van der Waals surface area contributed by atoms with E-state index in [1.165, 1.54) is 19.2 Å². The van der Waals surface area contributed by atoms with Crippen molar-refractivity contribution in [2.24, 2.45) is 0 Å². The summed E-state index contributed by atoms with van der Waals surface area (Å²) < 4.78 is 30.2. The third kappa shape index (κ3) is 5.07. The molecule has 0 spiro atoms. The van der Waals surface area contributed by atoms with Gasteiger partial charge in [-0.1, -0.05) is 12.1 Å². The molecule has 1 amide bonds. The average Bonchev–Trinajstić information content (AvgIpc) is 2.61. The van der Waals surface area contributed by atoms with Crippen LogP contribution in [-0.4, -0.2) is 40.2 Å². The first-order chi connectivity index (χ1) is 12.6. The Balaban J connectivity index is 2.20. The summed E-state index contributed by atoms with van der Waals surface area (Å²) in [6, 6.07) is 11.4. The van der Waals surface area contributed by atoms with Gasteiger partial charge in [-0.05, 0) is 55.3 Å². The molecule has 27 heavy (non-hydrogen) atoms. The minimum absolute atomic E-state index is 0.351. The van der Waals surface area contributed by atoms with E-state index in [0.29, 0.717) is 16.9 Å². The van der Waals surface area contributed by atoms with Gasteiger partial charge in [0, 0.05) is 5.69 Å². The molecule has 0 bridgehead atoms. The van der Waals surface area contributed by atoms with Gasteiger partial charge in [0.2, 0.25) is 15.9 Å². The Morgan fingerprint density at radius 3 is 2.26 bits per heavy atom. The van der Waals surface area contributed by atoms with E-state index in [4.69, 9.17) is 0 Å². The fraction of sp³-hybridized carbons (Fsp3) is 0.263. The summed E-state index contributed by atoms with van der Waals surface area (Å²) in [7, 11) is -2.37. The molecule has 144 valence electrons. The van der Waals surface area contributed by atoms with Gasteiger partial charge in [0.1, 0.15) is 6.54 Å². The van der Waals surface area contributed by atoms with Crippen LogP contribution in [0, 0.1) is 13.8 Å². The third-order valence-corrected chi connectivity index (χ3v) is 5.25. The lowest BCUT2D eigenvalue weighted by Gasteiger charge is -2.24. The molecular formula is C19H22N2O5S. The number of methoxy groups -OCH3 is 1. The maximum absolute atomic E-state index is 12.4. The zero-order valence-electron chi connectivity index (χ0n) is 15.6. The van der Waals surface area contributed by atoms with E-state index in [-0.39, 0.29) is 6.54 Å². The Morgan fingerprint density at radius 1 is 1.07 bits per heavy atom. The van der Waals surface area contributed by atoms with Gasteiger partial charge in [0.15, 0.2) is 0 Å². The normalized spacial score (nSPS) is 11.0. The Bertz CT molecular complexity index is 953. The number of nitrogens with one attached hydrogen (secondary N) is 1. The number of sulfonamides is 1. The van der Waals surface area contributed by atoms with E-state index in [1.807, 2.05) is 19.9 Å². The summed E-state index contributed by atoms with van der Waals surface area (Å²) in [5.41, 5.74) is 2.98. The summed E-state index contributed by atoms with van der Waals surface area (Å²) in [5.74, 6) is -0.974. The molecular weight excluding hydrogens is 368 g/mol. The molecule has 0 atom stereocenters. The van der Waals surface area contributed by atoms with Crippen LogP contribution in [-0.2, 0) is 19.6 Å². The lowest BCUT2D eigenvalue weighted by Crippen LogP contribution is -2.38. The molecule has 0 aliphatic heterocycles. The summed E-state index contributed by atoms with van der Waals surface area (Å²) in [6.45, 7) is 3.33. The van der Waals surface area contributed by atoms with Crippen molar-refractivity contribution in [1.29, 1.82) is 0 Å². The van der Waals surface area contributed by atoms with Gasteiger partial charge in [0.25, 0.3) is 0 Å². The van der Waals surface area contributed by atoms with Crippen LogP contribution >= 0.6 is 0 Å². The molecule has 0 aliphatic rings. The Labute approximate surface area is 159 Å². The molecule has 0 aliphatic carbocycles. The number of carbonyl (C=O) groups is 2. The minimum atomic E-state index is -3.65. The van der Waals surface area contributed by atoms with Crippen LogP contribution in [0.1, 0.15) is 21.5 Å². The Hall–Kier alpha value is -2.87. The Morgan fingerprint density at radius 2 is 1.70 bits per heavy atom. The number of rotatable bonds is 6. The second-order valence-electron chi connectivity index (χ2n) is 6.11. The maximum Gasteiger partial charge on any atom is 0.337 e. The zero-order valence-corrected chi connectivity index (χ0v) is 16.5. The number of benzene rings is 2. The van der Waals surface area contributed by atoms with E-state index in [1.54, 1.807) is 24.3 Å². The second-order valence-corrected chi connectivity index (χ2v) is 8.01. The Kier molecular flexibility index (Phi) is 6.22. The zero-order chi connectivity index (χ0) is 20.2. The van der Waals surface area contributed by atoms with Gasteiger partial charge in [-0.15, -0.1) is 0 Å². The molecule has 0 radical (unpaired) electrons. The van der Waals surface area contributed by atoms with E-state index >= 15 is 0 Å². The number of ether oxygens (including phenoxy) is 1. The van der Waals surface area contributed by atoms with Crippen LogP contribution in [0.15, 0.2) is 42.5 Å². The summed E-state index contributed by atoms with van der Waals surface area (Å²) >= 11 is 0. The van der Waals surface area contributed by atoms with Gasteiger partial charge in [0.05, 0.1) is 24.6 Å². The predicted molar refractivity (Wildman–Crippen MR) is 105 cm³/mol. The monoisotopic (exact) mass is 390 g/mol. The lowest BCUT2D eigenvalue weighted by molar-refractivity contribution is -0.114. The van der Waals surface area contributed by atoms with Crippen molar-refractivity contribution in [3.63, 3.8) is 0 Å². The highest BCUT2D eigenvalue weighted by Gasteiger charge is 2.23. The first-order valence-electron chi connectivity index (χ1n) is 8.15. The van der Waals surface area contributed by atoms with Crippen molar-refractivity contribution < 1.29 is 22.7 Å². The van der Waals surface area contributed by atoms with Crippen molar-refractivity contribution in [2.45, 2.75) is 13.8 Å². The minimum Gasteiger partial charge on any atom is -0.465 e. The number of aryl methyl sites for hydroxylation is 1. The molecule has 0 heterocycles. The molecule has 2 aromatic rings. The molecule has 8 heteroatoms. The van der Waals surface area contributed by atoms with Crippen LogP contribution < -0.4 is 9.62 Å². The molecule has 7 nitrogen and oxygen atoms in total. The summed E-state index contributed by atoms with van der Waals surface area (Å²) in [5, 5.41) is 2.64. The maximum atomic E-state index is 12.4. The smallest absolute Gasteiger partial charge is 0.337 e. The van der Waals surface area contributed by atoms with Crippen molar-refractivity contribution in [3.8, 4) is 0 Å². The molecule has 0 saturated heterocycles. The van der Waals surface area contributed by atoms with Crippen molar-refractivity contribution in [2.75, 3.05) is 29.5 Å². The largest absolute Gasteiger partial charge is 0.465 e. The highest BCUT2D eigenvalue weighted by atomic mass is 32.2. The molecule has 2 aromatic carbocycles. The molecule has 0 fully saturated rings. The van der Waals surface area contributed by atoms with Crippen LogP contribution in [0.4, 0.5) is 11.4 Å². The molecule has 0 saturated carbocycles. The lowest BCUT2D eigenvalue weighted by atomic mass is 10.1. The van der Waals surface area contributed by atoms with E-state index in [0.717, 1.165) is 21.7 Å². The molecule has 0 unspecified atom stereocenters. The van der Waals surface area contributed by atoms with E-state index < -0.39 is 21.9 Å². The van der Waals surface area contributed by atoms with Crippen LogP contribution in [0.25, 0.3) is 0 Å². The number of carbonyl (C=O) groups excluding carboxylic acids is 2. The molecule has 1 N–H and O–H groups in total. The highest BCUT2D eigenvalue weighted by Crippen LogP contribution is 2.25. The van der Waals surface area contributed by atoms with Gasteiger partial charge in [-0.3, -0.25) is 9.10 Å². The number of amides is 1. The highest BCUT2D eigenvalue weighted by molar-refractivity contribution is 7.92. The number of esters is 1. The number of nitrogens with zero attached hydrogens (tertiary/aromatic N) is 1. The number of hydrogen-bond acceptors (Lipinski definition) is 5. The molecule has 2 rings (SSSR count). The van der Waals surface area contributed by atoms with Crippen molar-refractivity contribution in [1.82, 2.24) is 0 Å². The topological polar surface area (TPSA) is 92.8 Å². The van der Waals surface area contributed by atoms with E-state index in [2.05, 4.69) is 10.1 Å². The van der Waals surface area contributed by atoms with Gasteiger partial charge >= 0.3 is 5.97 Å². The number of hydrogen-bond donors (Lipinski definition) is 1.